The topological polar surface area (TPSA) is 62.7 Å². The third kappa shape index (κ3) is 4.23. The van der Waals surface area contributed by atoms with Crippen LogP contribution in [-0.4, -0.2) is 30.8 Å². The Morgan fingerprint density at radius 1 is 1.12 bits per heavy atom. The molecule has 1 N–H and O–H groups in total. The number of aromatic nitrogens is 1. The molecule has 1 aromatic heterocycles. The van der Waals surface area contributed by atoms with E-state index < -0.39 is 13.2 Å². The van der Waals surface area contributed by atoms with Crippen molar-refractivity contribution in [1.29, 1.82) is 0 Å². The third-order valence-corrected chi connectivity index (χ3v) is 6.14. The summed E-state index contributed by atoms with van der Waals surface area (Å²) >= 11 is 0. The summed E-state index contributed by atoms with van der Waals surface area (Å²) in [7, 11) is 0.401. The van der Waals surface area contributed by atoms with Gasteiger partial charge in [0.2, 0.25) is 0 Å². The Morgan fingerprint density at radius 3 is 2.21 bits per heavy atom. The molecular formula is C18H25N2O3P. The first-order valence-electron chi connectivity index (χ1n) is 7.95. The molecule has 0 bridgehead atoms. The first kappa shape index (κ1) is 18.7. The van der Waals surface area contributed by atoms with Crippen LogP contribution in [0.1, 0.15) is 25.3 Å². The van der Waals surface area contributed by atoms with Crippen LogP contribution in [0.3, 0.4) is 0 Å². The van der Waals surface area contributed by atoms with Gasteiger partial charge in [-0.25, -0.2) is 0 Å². The molecule has 0 unspecified atom stereocenters. The van der Waals surface area contributed by atoms with Gasteiger partial charge in [-0.2, -0.15) is 0 Å². The van der Waals surface area contributed by atoms with Crippen molar-refractivity contribution in [2.45, 2.75) is 19.7 Å². The van der Waals surface area contributed by atoms with Crippen molar-refractivity contribution in [3.05, 3.63) is 54.4 Å². The maximum absolute atomic E-state index is 13.6. The molecule has 0 aliphatic rings. The molecule has 130 valence electrons. The van der Waals surface area contributed by atoms with Gasteiger partial charge < -0.3 is 14.5 Å². The van der Waals surface area contributed by atoms with E-state index >= 15 is 0 Å². The summed E-state index contributed by atoms with van der Waals surface area (Å²) < 4.78 is 19.4. The van der Waals surface area contributed by atoms with Crippen molar-refractivity contribution in [3.63, 3.8) is 0 Å². The minimum Gasteiger partial charge on any atom is -0.378 e. The minimum atomic E-state index is -3.48. The lowest BCUT2D eigenvalue weighted by molar-refractivity contribution is 0.202. The summed E-state index contributed by atoms with van der Waals surface area (Å²) in [6.07, 6.45) is 3.14. The highest BCUT2D eigenvalue weighted by Gasteiger charge is 2.36. The van der Waals surface area contributed by atoms with E-state index in [1.807, 2.05) is 45.0 Å². The van der Waals surface area contributed by atoms with Crippen molar-refractivity contribution in [2.24, 2.45) is 5.92 Å². The van der Waals surface area contributed by atoms with E-state index in [9.17, 15) is 9.67 Å². The van der Waals surface area contributed by atoms with Crippen LogP contribution in [0.4, 0.5) is 5.69 Å². The average Bonchev–Trinajstić information content (AvgIpc) is 2.59. The number of rotatable bonds is 7. The highest BCUT2D eigenvalue weighted by Crippen LogP contribution is 2.57. The molecule has 2 aromatic rings. The molecule has 0 fully saturated rings. The second kappa shape index (κ2) is 7.93. The minimum absolute atomic E-state index is 0.212. The van der Waals surface area contributed by atoms with E-state index in [-0.39, 0.29) is 5.92 Å². The molecule has 0 spiro atoms. The van der Waals surface area contributed by atoms with Gasteiger partial charge in [-0.15, -0.1) is 0 Å². The van der Waals surface area contributed by atoms with E-state index in [1.165, 1.54) is 0 Å². The Morgan fingerprint density at radius 2 is 1.71 bits per heavy atom. The van der Waals surface area contributed by atoms with E-state index in [1.54, 1.807) is 36.7 Å². The lowest BCUT2D eigenvalue weighted by Crippen LogP contribution is -2.17. The zero-order chi connectivity index (χ0) is 17.7. The zero-order valence-corrected chi connectivity index (χ0v) is 15.5. The highest BCUT2D eigenvalue weighted by molar-refractivity contribution is 7.67. The lowest BCUT2D eigenvalue weighted by atomic mass is 10.2. The van der Waals surface area contributed by atoms with Crippen LogP contribution >= 0.6 is 7.37 Å². The van der Waals surface area contributed by atoms with Gasteiger partial charge in [-0.3, -0.25) is 9.55 Å². The monoisotopic (exact) mass is 348 g/mol. The molecule has 0 aliphatic heterocycles. The van der Waals surface area contributed by atoms with Crippen molar-refractivity contribution in [2.75, 3.05) is 25.6 Å². The fourth-order valence-electron chi connectivity index (χ4n) is 2.24. The zero-order valence-electron chi connectivity index (χ0n) is 14.6. The fourth-order valence-corrected chi connectivity index (χ4v) is 4.46. The summed E-state index contributed by atoms with van der Waals surface area (Å²) in [5.41, 5.74) is 1.53. The van der Waals surface area contributed by atoms with Crippen LogP contribution in [0.15, 0.2) is 48.8 Å². The maximum atomic E-state index is 13.6. The molecule has 2 atom stereocenters. The summed E-state index contributed by atoms with van der Waals surface area (Å²) in [6.45, 7) is 4.28. The Hall–Kier alpha value is -1.68. The second-order valence-corrected chi connectivity index (χ2v) is 8.81. The van der Waals surface area contributed by atoms with Crippen molar-refractivity contribution >= 4 is 18.4 Å². The molecule has 24 heavy (non-hydrogen) atoms. The normalized spacial score (nSPS) is 15.1. The number of pyridine rings is 1. The Bertz CT molecular complexity index is 687. The van der Waals surface area contributed by atoms with Crippen LogP contribution in [0.5, 0.6) is 0 Å². The van der Waals surface area contributed by atoms with Crippen molar-refractivity contribution in [1.82, 2.24) is 4.98 Å². The van der Waals surface area contributed by atoms with Gasteiger partial charge >= 0.3 is 0 Å². The number of aliphatic hydroxyl groups excluding tert-OH is 1. The van der Waals surface area contributed by atoms with Crippen LogP contribution in [0, 0.1) is 5.92 Å². The van der Waals surface area contributed by atoms with Gasteiger partial charge in [0.25, 0.3) is 7.37 Å². The molecule has 0 saturated carbocycles. The molecule has 1 aromatic carbocycles. The van der Waals surface area contributed by atoms with Crippen LogP contribution in [0.2, 0.25) is 0 Å². The molecule has 0 aliphatic carbocycles. The average molecular weight is 348 g/mol. The van der Waals surface area contributed by atoms with E-state index in [0.29, 0.717) is 17.5 Å². The largest absolute Gasteiger partial charge is 0.378 e. The maximum Gasteiger partial charge on any atom is 0.264 e. The van der Waals surface area contributed by atoms with Crippen molar-refractivity contribution < 1.29 is 14.2 Å². The molecule has 5 nitrogen and oxygen atoms in total. The summed E-state index contributed by atoms with van der Waals surface area (Å²) in [4.78, 5) is 5.90. The standard InChI is InChI=1S/C18H25N2O3P/c1-14(2)13-23-24(22,18(21)15-9-11-19-12-10-15)17-7-5-16(6-8-17)20(3)4/h5-12,14,18,21H,13H2,1-4H3/t18-,24+/m1/s1. The third-order valence-electron chi connectivity index (χ3n) is 3.65. The number of nitrogens with zero attached hydrogens (tertiary/aromatic N) is 2. The van der Waals surface area contributed by atoms with Gasteiger partial charge in [-0.1, -0.05) is 13.8 Å². The Balaban J connectivity index is 2.41. The molecule has 1 heterocycles. The lowest BCUT2D eigenvalue weighted by Gasteiger charge is -2.25. The van der Waals surface area contributed by atoms with Crippen LogP contribution < -0.4 is 10.2 Å². The van der Waals surface area contributed by atoms with Gasteiger partial charge in [0.05, 0.1) is 6.61 Å². The van der Waals surface area contributed by atoms with Crippen LogP contribution in [0.25, 0.3) is 0 Å². The van der Waals surface area contributed by atoms with E-state index in [0.717, 1.165) is 5.69 Å². The molecule has 2 rings (SSSR count). The number of anilines is 1. The van der Waals surface area contributed by atoms with Gasteiger partial charge in [0.1, 0.15) is 0 Å². The summed E-state index contributed by atoms with van der Waals surface area (Å²) in [5.74, 6) is -1.01. The number of benzene rings is 1. The fraction of sp³-hybridized carbons (Fsp3) is 0.389. The predicted octanol–water partition coefficient (Wildman–Crippen LogP) is 3.41. The quantitative estimate of drug-likeness (QED) is 0.777. The Kier molecular flexibility index (Phi) is 6.16. The molecule has 0 amide bonds. The Labute approximate surface area is 143 Å². The second-order valence-electron chi connectivity index (χ2n) is 6.35. The molecule has 0 saturated heterocycles. The van der Waals surface area contributed by atoms with E-state index in [2.05, 4.69) is 4.98 Å². The summed E-state index contributed by atoms with van der Waals surface area (Å²) in [5, 5.41) is 11.3. The molecule has 6 heteroatoms. The van der Waals surface area contributed by atoms with Gasteiger partial charge in [0, 0.05) is 37.5 Å². The number of hydrogen-bond donors (Lipinski definition) is 1. The first-order chi connectivity index (χ1) is 11.3. The first-order valence-corrected chi connectivity index (χ1v) is 9.64. The van der Waals surface area contributed by atoms with E-state index in [4.69, 9.17) is 4.52 Å². The molecular weight excluding hydrogens is 323 g/mol. The number of aliphatic hydroxyl groups is 1. The molecule has 0 radical (unpaired) electrons. The SMILES string of the molecule is CC(C)CO[P@@](=O)(c1ccc(N(C)C)cc1)[C@@H](O)c1ccncc1. The number of hydrogen-bond acceptors (Lipinski definition) is 5. The predicted molar refractivity (Wildman–Crippen MR) is 98.0 cm³/mol. The van der Waals surface area contributed by atoms with Crippen LogP contribution in [-0.2, 0) is 9.09 Å². The van der Waals surface area contributed by atoms with Gasteiger partial charge in [0.15, 0.2) is 5.85 Å². The van der Waals surface area contributed by atoms with Crippen molar-refractivity contribution in [3.8, 4) is 0 Å². The highest BCUT2D eigenvalue weighted by atomic mass is 31.2. The van der Waals surface area contributed by atoms with Gasteiger partial charge in [-0.05, 0) is 47.9 Å². The summed E-state index contributed by atoms with van der Waals surface area (Å²) in [6, 6.07) is 10.6. The smallest absolute Gasteiger partial charge is 0.264 e.